The summed E-state index contributed by atoms with van der Waals surface area (Å²) in [7, 11) is 1.51. The first-order valence-electron chi connectivity index (χ1n) is 5.37. The smallest absolute Gasteiger partial charge is 0.256 e. The van der Waals surface area contributed by atoms with Gasteiger partial charge in [-0.25, -0.2) is 4.98 Å². The van der Waals surface area contributed by atoms with Gasteiger partial charge in [0, 0.05) is 14.2 Å². The van der Waals surface area contributed by atoms with E-state index in [0.717, 1.165) is 8.04 Å². The topological polar surface area (TPSA) is 51.2 Å². The minimum absolute atomic E-state index is 0.211. The van der Waals surface area contributed by atoms with Crippen molar-refractivity contribution in [2.75, 3.05) is 12.4 Å². The molecule has 6 heteroatoms. The molecule has 0 radical (unpaired) electrons. The molecule has 1 N–H and O–H groups in total. The SMILES string of the molecule is COc1ncccc1NC(=O)c1cc(I)ccc1Br. The third-order valence-corrected chi connectivity index (χ3v) is 3.75. The van der Waals surface area contributed by atoms with Gasteiger partial charge in [-0.05, 0) is 68.9 Å². The number of amides is 1. The zero-order valence-corrected chi connectivity index (χ0v) is 13.7. The number of hydrogen-bond acceptors (Lipinski definition) is 3. The van der Waals surface area contributed by atoms with Gasteiger partial charge in [-0.2, -0.15) is 0 Å². The molecule has 0 fully saturated rings. The van der Waals surface area contributed by atoms with E-state index in [0.29, 0.717) is 17.1 Å². The number of methoxy groups -OCH3 is 1. The number of nitrogens with zero attached hydrogens (tertiary/aromatic N) is 1. The molecule has 0 aliphatic rings. The molecule has 2 rings (SSSR count). The fourth-order valence-corrected chi connectivity index (χ4v) is 2.43. The predicted octanol–water partition coefficient (Wildman–Crippen LogP) is 3.71. The van der Waals surface area contributed by atoms with Crippen LogP contribution in [0, 0.1) is 3.57 Å². The molecule has 1 heterocycles. The highest BCUT2D eigenvalue weighted by Crippen LogP contribution is 2.24. The zero-order valence-electron chi connectivity index (χ0n) is 9.98. The van der Waals surface area contributed by atoms with Gasteiger partial charge in [0.15, 0.2) is 0 Å². The molecule has 4 nitrogen and oxygen atoms in total. The highest BCUT2D eigenvalue weighted by atomic mass is 127. The number of rotatable bonds is 3. The van der Waals surface area contributed by atoms with Crippen LogP contribution in [0.3, 0.4) is 0 Å². The van der Waals surface area contributed by atoms with Crippen molar-refractivity contribution in [3.05, 3.63) is 50.1 Å². The second-order valence-electron chi connectivity index (χ2n) is 3.64. The van der Waals surface area contributed by atoms with Gasteiger partial charge >= 0.3 is 0 Å². The zero-order chi connectivity index (χ0) is 13.8. The van der Waals surface area contributed by atoms with E-state index in [2.05, 4.69) is 48.8 Å². The Kier molecular flexibility index (Phi) is 4.76. The van der Waals surface area contributed by atoms with Crippen LogP contribution in [0.1, 0.15) is 10.4 Å². The number of anilines is 1. The molecule has 98 valence electrons. The van der Waals surface area contributed by atoms with E-state index in [1.807, 2.05) is 18.2 Å². The highest BCUT2D eigenvalue weighted by molar-refractivity contribution is 14.1. The van der Waals surface area contributed by atoms with E-state index in [9.17, 15) is 4.79 Å². The van der Waals surface area contributed by atoms with E-state index in [4.69, 9.17) is 4.74 Å². The maximum atomic E-state index is 12.2. The molecule has 2 aromatic rings. The second kappa shape index (κ2) is 6.33. The van der Waals surface area contributed by atoms with Crippen LogP contribution in [0.5, 0.6) is 5.88 Å². The first-order valence-corrected chi connectivity index (χ1v) is 7.24. The van der Waals surface area contributed by atoms with Gasteiger partial charge < -0.3 is 10.1 Å². The van der Waals surface area contributed by atoms with Crippen LogP contribution >= 0.6 is 38.5 Å². The minimum atomic E-state index is -0.211. The van der Waals surface area contributed by atoms with Crippen LogP contribution < -0.4 is 10.1 Å². The molecule has 1 aromatic heterocycles. The monoisotopic (exact) mass is 432 g/mol. The molecular weight excluding hydrogens is 423 g/mol. The standard InChI is InChI=1S/C13H10BrIN2O2/c1-19-13-11(3-2-6-16-13)17-12(18)9-7-8(15)4-5-10(9)14/h2-7H,1H3,(H,17,18). The number of carbonyl (C=O) groups is 1. The normalized spacial score (nSPS) is 10.1. The number of benzene rings is 1. The van der Waals surface area contributed by atoms with E-state index in [1.165, 1.54) is 7.11 Å². The maximum Gasteiger partial charge on any atom is 0.256 e. The van der Waals surface area contributed by atoms with Gasteiger partial charge in [0.1, 0.15) is 5.69 Å². The van der Waals surface area contributed by atoms with E-state index < -0.39 is 0 Å². The van der Waals surface area contributed by atoms with Gasteiger partial charge in [-0.3, -0.25) is 4.79 Å². The average molecular weight is 433 g/mol. The van der Waals surface area contributed by atoms with Crippen LogP contribution in [0.2, 0.25) is 0 Å². The number of ether oxygens (including phenoxy) is 1. The minimum Gasteiger partial charge on any atom is -0.480 e. The van der Waals surface area contributed by atoms with Gasteiger partial charge in [0.05, 0.1) is 12.7 Å². The quantitative estimate of drug-likeness (QED) is 0.752. The van der Waals surface area contributed by atoms with E-state index in [1.54, 1.807) is 18.3 Å². The third kappa shape index (κ3) is 3.44. The molecule has 0 aliphatic carbocycles. The highest BCUT2D eigenvalue weighted by Gasteiger charge is 2.13. The third-order valence-electron chi connectivity index (χ3n) is 2.39. The molecular formula is C13H10BrIN2O2. The Bertz CT molecular complexity index is 619. The molecule has 0 bridgehead atoms. The number of aromatic nitrogens is 1. The van der Waals surface area contributed by atoms with Crippen molar-refractivity contribution in [1.82, 2.24) is 4.98 Å². The maximum absolute atomic E-state index is 12.2. The van der Waals surface area contributed by atoms with Gasteiger partial charge in [-0.1, -0.05) is 0 Å². The lowest BCUT2D eigenvalue weighted by Crippen LogP contribution is -2.13. The first kappa shape index (κ1) is 14.3. The first-order chi connectivity index (χ1) is 9.11. The Hall–Kier alpha value is -1.15. The summed E-state index contributed by atoms with van der Waals surface area (Å²) in [6, 6.07) is 9.06. The Morgan fingerprint density at radius 1 is 1.42 bits per heavy atom. The van der Waals surface area contributed by atoms with Crippen molar-refractivity contribution >= 4 is 50.1 Å². The fraction of sp³-hybridized carbons (Fsp3) is 0.0769. The summed E-state index contributed by atoms with van der Waals surface area (Å²) in [6.07, 6.45) is 1.61. The van der Waals surface area contributed by atoms with E-state index in [-0.39, 0.29) is 5.91 Å². The summed E-state index contributed by atoms with van der Waals surface area (Å²) in [5.74, 6) is 0.175. The van der Waals surface area contributed by atoms with Gasteiger partial charge in [0.25, 0.3) is 5.91 Å². The van der Waals surface area contributed by atoms with Gasteiger partial charge in [-0.15, -0.1) is 0 Å². The Morgan fingerprint density at radius 2 is 2.21 bits per heavy atom. The summed E-state index contributed by atoms with van der Waals surface area (Å²) in [5, 5.41) is 2.79. The van der Waals surface area contributed by atoms with Crippen molar-refractivity contribution in [1.29, 1.82) is 0 Å². The van der Waals surface area contributed by atoms with Crippen molar-refractivity contribution in [3.8, 4) is 5.88 Å². The molecule has 0 atom stereocenters. The van der Waals surface area contributed by atoms with Crippen molar-refractivity contribution in [2.24, 2.45) is 0 Å². The number of hydrogen-bond donors (Lipinski definition) is 1. The van der Waals surface area contributed by atoms with Crippen molar-refractivity contribution in [2.45, 2.75) is 0 Å². The van der Waals surface area contributed by atoms with Crippen molar-refractivity contribution < 1.29 is 9.53 Å². The molecule has 1 aromatic carbocycles. The molecule has 0 saturated carbocycles. The average Bonchev–Trinajstić information content (AvgIpc) is 2.42. The van der Waals surface area contributed by atoms with Gasteiger partial charge in [0.2, 0.25) is 5.88 Å². The number of pyridine rings is 1. The lowest BCUT2D eigenvalue weighted by atomic mass is 10.2. The van der Waals surface area contributed by atoms with Crippen LogP contribution in [0.15, 0.2) is 41.0 Å². The predicted molar refractivity (Wildman–Crippen MR) is 85.6 cm³/mol. The Morgan fingerprint density at radius 3 is 2.95 bits per heavy atom. The summed E-state index contributed by atoms with van der Waals surface area (Å²) in [4.78, 5) is 16.3. The molecule has 19 heavy (non-hydrogen) atoms. The molecule has 0 unspecified atom stereocenters. The number of carbonyl (C=O) groups excluding carboxylic acids is 1. The molecule has 0 spiro atoms. The van der Waals surface area contributed by atoms with Crippen LogP contribution in [0.25, 0.3) is 0 Å². The number of nitrogens with one attached hydrogen (secondary N) is 1. The number of halogens is 2. The van der Waals surface area contributed by atoms with Crippen molar-refractivity contribution in [3.63, 3.8) is 0 Å². The van der Waals surface area contributed by atoms with Crippen LogP contribution in [0.4, 0.5) is 5.69 Å². The lowest BCUT2D eigenvalue weighted by Gasteiger charge is -2.10. The fourth-order valence-electron chi connectivity index (χ4n) is 1.51. The molecule has 0 saturated heterocycles. The molecule has 0 aliphatic heterocycles. The summed E-state index contributed by atoms with van der Waals surface area (Å²) in [6.45, 7) is 0. The Labute approximate surface area is 132 Å². The summed E-state index contributed by atoms with van der Waals surface area (Å²) >= 11 is 5.53. The summed E-state index contributed by atoms with van der Waals surface area (Å²) < 4.78 is 6.83. The lowest BCUT2D eigenvalue weighted by molar-refractivity contribution is 0.102. The van der Waals surface area contributed by atoms with Crippen LogP contribution in [-0.4, -0.2) is 18.0 Å². The largest absolute Gasteiger partial charge is 0.480 e. The Balaban J connectivity index is 2.28. The van der Waals surface area contributed by atoms with Crippen LogP contribution in [-0.2, 0) is 0 Å². The molecule has 1 amide bonds. The summed E-state index contributed by atoms with van der Waals surface area (Å²) in [5.41, 5.74) is 1.11. The van der Waals surface area contributed by atoms with E-state index >= 15 is 0 Å². The second-order valence-corrected chi connectivity index (χ2v) is 5.74.